The molecule has 19 heavy (non-hydrogen) atoms. The normalized spacial score (nSPS) is 23.2. The van der Waals surface area contributed by atoms with E-state index in [4.69, 9.17) is 9.47 Å². The van der Waals surface area contributed by atoms with Gasteiger partial charge in [-0.15, -0.1) is 0 Å². The van der Waals surface area contributed by atoms with Gasteiger partial charge < -0.3 is 9.47 Å². The van der Waals surface area contributed by atoms with Gasteiger partial charge in [0.15, 0.2) is 0 Å². The van der Waals surface area contributed by atoms with E-state index in [9.17, 15) is 0 Å². The van der Waals surface area contributed by atoms with Crippen LogP contribution in [0.25, 0.3) is 0 Å². The number of ether oxygens (including phenoxy) is 2. The van der Waals surface area contributed by atoms with Crippen molar-refractivity contribution in [3.05, 3.63) is 28.2 Å². The number of hydrogen-bond donors (Lipinski definition) is 0. The number of benzene rings is 1. The zero-order valence-corrected chi connectivity index (χ0v) is 13.6. The maximum absolute atomic E-state index is 5.83. The highest BCUT2D eigenvalue weighted by molar-refractivity contribution is 9.10. The van der Waals surface area contributed by atoms with E-state index in [1.165, 1.54) is 5.56 Å². The molecule has 0 N–H and O–H groups in total. The molecule has 2 nitrogen and oxygen atoms in total. The van der Waals surface area contributed by atoms with Gasteiger partial charge in [-0.05, 0) is 48.9 Å². The molecule has 0 amide bonds. The second-order valence-electron chi connectivity index (χ2n) is 5.33. The Morgan fingerprint density at radius 3 is 2.79 bits per heavy atom. The molecular weight excluding hydrogens is 304 g/mol. The first-order chi connectivity index (χ1) is 9.15. The zero-order valence-electron chi connectivity index (χ0n) is 12.0. The highest BCUT2D eigenvalue weighted by atomic mass is 79.9. The molecule has 1 aromatic carbocycles. The monoisotopic (exact) mass is 326 g/mol. The Hall–Kier alpha value is -0.540. The maximum atomic E-state index is 5.83. The molecule has 0 aliphatic carbocycles. The minimum Gasteiger partial charge on any atom is -0.493 e. The summed E-state index contributed by atoms with van der Waals surface area (Å²) in [6.07, 6.45) is 4.08. The summed E-state index contributed by atoms with van der Waals surface area (Å²) in [4.78, 5) is 0. The van der Waals surface area contributed by atoms with Gasteiger partial charge in [-0.2, -0.15) is 0 Å². The summed E-state index contributed by atoms with van der Waals surface area (Å²) < 4.78 is 12.6. The molecule has 3 unspecified atom stereocenters. The van der Waals surface area contributed by atoms with E-state index in [-0.39, 0.29) is 0 Å². The van der Waals surface area contributed by atoms with Crippen LogP contribution in [0.4, 0.5) is 0 Å². The summed E-state index contributed by atoms with van der Waals surface area (Å²) in [6.45, 7) is 7.36. The lowest BCUT2D eigenvalue weighted by Gasteiger charge is -2.14. The summed E-state index contributed by atoms with van der Waals surface area (Å²) in [6, 6.07) is 6.28. The van der Waals surface area contributed by atoms with Crippen molar-refractivity contribution in [1.82, 2.24) is 0 Å². The summed E-state index contributed by atoms with van der Waals surface area (Å²) in [5.41, 5.74) is 1.28. The molecule has 1 aromatic rings. The number of hydrogen-bond acceptors (Lipinski definition) is 2. The fraction of sp³-hybridized carbons (Fsp3) is 0.625. The predicted molar refractivity (Wildman–Crippen MR) is 81.7 cm³/mol. The fourth-order valence-corrected chi connectivity index (χ4v) is 2.92. The van der Waals surface area contributed by atoms with Crippen LogP contribution in [0.5, 0.6) is 5.75 Å². The third-order valence-corrected chi connectivity index (χ3v) is 4.10. The smallest absolute Gasteiger partial charge is 0.122 e. The molecule has 0 spiro atoms. The number of rotatable bonds is 7. The van der Waals surface area contributed by atoms with Crippen molar-refractivity contribution < 1.29 is 9.47 Å². The van der Waals surface area contributed by atoms with E-state index in [0.717, 1.165) is 36.1 Å². The molecule has 2 rings (SSSR count). The van der Waals surface area contributed by atoms with Crippen LogP contribution in [-0.2, 0) is 11.2 Å². The molecule has 1 aliphatic heterocycles. The molecule has 3 atom stereocenters. The van der Waals surface area contributed by atoms with Crippen molar-refractivity contribution in [2.45, 2.75) is 52.2 Å². The van der Waals surface area contributed by atoms with Gasteiger partial charge in [0.05, 0.1) is 18.8 Å². The first-order valence-corrected chi connectivity index (χ1v) is 8.01. The van der Waals surface area contributed by atoms with E-state index in [1.807, 2.05) is 6.07 Å². The molecule has 106 valence electrons. The summed E-state index contributed by atoms with van der Waals surface area (Å²) in [7, 11) is 0. The van der Waals surface area contributed by atoms with Gasteiger partial charge in [-0.1, -0.05) is 36.7 Å². The van der Waals surface area contributed by atoms with E-state index >= 15 is 0 Å². The van der Waals surface area contributed by atoms with Gasteiger partial charge >= 0.3 is 0 Å². The molecule has 3 heteroatoms. The Morgan fingerprint density at radius 1 is 1.37 bits per heavy atom. The van der Waals surface area contributed by atoms with Crippen molar-refractivity contribution in [1.29, 1.82) is 0 Å². The van der Waals surface area contributed by atoms with Gasteiger partial charge in [0, 0.05) is 4.47 Å². The lowest BCUT2D eigenvalue weighted by molar-refractivity contribution is 0.304. The minimum atomic E-state index is 0.433. The van der Waals surface area contributed by atoms with Crippen LogP contribution in [0, 0.1) is 5.92 Å². The van der Waals surface area contributed by atoms with Gasteiger partial charge in [0.1, 0.15) is 5.75 Å². The van der Waals surface area contributed by atoms with Crippen LogP contribution >= 0.6 is 15.9 Å². The van der Waals surface area contributed by atoms with Gasteiger partial charge in [-0.25, -0.2) is 0 Å². The van der Waals surface area contributed by atoms with E-state index in [1.54, 1.807) is 0 Å². The Morgan fingerprint density at radius 2 is 2.16 bits per heavy atom. The zero-order chi connectivity index (χ0) is 13.8. The Balaban J connectivity index is 2.03. The number of halogens is 1. The van der Waals surface area contributed by atoms with Gasteiger partial charge in [0.25, 0.3) is 0 Å². The standard InChI is InChI=1S/C16H23BrO2/c1-4-8-18-15-7-6-13(17)10-12(15)9-11(3)16-14(5-2)19-16/h6-7,10-11,14,16H,4-5,8-9H2,1-3H3. The van der Waals surface area contributed by atoms with E-state index in [0.29, 0.717) is 18.1 Å². The molecule has 1 fully saturated rings. The summed E-state index contributed by atoms with van der Waals surface area (Å²) in [5.74, 6) is 1.56. The van der Waals surface area contributed by atoms with Crippen LogP contribution in [0.1, 0.15) is 39.2 Å². The molecule has 0 aromatic heterocycles. The summed E-state index contributed by atoms with van der Waals surface area (Å²) in [5, 5.41) is 0. The van der Waals surface area contributed by atoms with Crippen molar-refractivity contribution in [3.63, 3.8) is 0 Å². The average molecular weight is 327 g/mol. The third-order valence-electron chi connectivity index (χ3n) is 3.61. The van der Waals surface area contributed by atoms with Crippen molar-refractivity contribution in [2.75, 3.05) is 6.61 Å². The predicted octanol–water partition coefficient (Wildman–Crippen LogP) is 4.59. The quantitative estimate of drug-likeness (QED) is 0.683. The lowest BCUT2D eigenvalue weighted by atomic mass is 9.95. The third kappa shape index (κ3) is 3.96. The Bertz CT molecular complexity index is 419. The maximum Gasteiger partial charge on any atom is 0.122 e. The molecule has 0 bridgehead atoms. The average Bonchev–Trinajstić information content (AvgIpc) is 3.17. The lowest BCUT2D eigenvalue weighted by Crippen LogP contribution is -2.11. The van der Waals surface area contributed by atoms with E-state index in [2.05, 4.69) is 48.8 Å². The van der Waals surface area contributed by atoms with E-state index < -0.39 is 0 Å². The topological polar surface area (TPSA) is 21.8 Å². The number of epoxide rings is 1. The SMILES string of the molecule is CCCOc1ccc(Br)cc1CC(C)C1OC1CC. The van der Waals surface area contributed by atoms with Gasteiger partial charge in [-0.3, -0.25) is 0 Å². The van der Waals surface area contributed by atoms with Crippen LogP contribution in [0.2, 0.25) is 0 Å². The van der Waals surface area contributed by atoms with Crippen molar-refractivity contribution >= 4 is 15.9 Å². The molecule has 0 radical (unpaired) electrons. The molecule has 1 saturated heterocycles. The Labute approximate surface area is 124 Å². The minimum absolute atomic E-state index is 0.433. The highest BCUT2D eigenvalue weighted by Gasteiger charge is 2.41. The molecule has 1 heterocycles. The summed E-state index contributed by atoms with van der Waals surface area (Å²) >= 11 is 3.55. The fourth-order valence-electron chi connectivity index (χ4n) is 2.51. The van der Waals surface area contributed by atoms with Crippen molar-refractivity contribution in [3.8, 4) is 5.75 Å². The second kappa shape index (κ2) is 6.76. The molecular formula is C16H23BrO2. The molecule has 0 saturated carbocycles. The first-order valence-electron chi connectivity index (χ1n) is 7.22. The second-order valence-corrected chi connectivity index (χ2v) is 6.24. The van der Waals surface area contributed by atoms with Crippen molar-refractivity contribution in [2.24, 2.45) is 5.92 Å². The van der Waals surface area contributed by atoms with Gasteiger partial charge in [0.2, 0.25) is 0 Å². The van der Waals surface area contributed by atoms with Crippen LogP contribution in [-0.4, -0.2) is 18.8 Å². The van der Waals surface area contributed by atoms with Crippen LogP contribution in [0.15, 0.2) is 22.7 Å². The molecule has 1 aliphatic rings. The van der Waals surface area contributed by atoms with Crippen LogP contribution < -0.4 is 4.74 Å². The highest BCUT2D eigenvalue weighted by Crippen LogP contribution is 2.35. The Kier molecular flexibility index (Phi) is 5.28. The largest absolute Gasteiger partial charge is 0.493 e. The first kappa shape index (κ1) is 14.9. The van der Waals surface area contributed by atoms with Crippen LogP contribution in [0.3, 0.4) is 0 Å².